The molecule has 2 heterocycles. The molecule has 1 aromatic carbocycles. The smallest absolute Gasteiger partial charge is 0.261 e. The van der Waals surface area contributed by atoms with Crippen molar-refractivity contribution in [3.63, 3.8) is 0 Å². The molecular weight excluding hydrogens is 334 g/mol. The lowest BCUT2D eigenvalue weighted by atomic mass is 9.98. The normalized spacial score (nSPS) is 21.3. The Balaban J connectivity index is 2.08. The van der Waals surface area contributed by atoms with Gasteiger partial charge in [0.1, 0.15) is 5.82 Å². The fourth-order valence-corrected chi connectivity index (χ4v) is 4.91. The van der Waals surface area contributed by atoms with E-state index >= 15 is 0 Å². The summed E-state index contributed by atoms with van der Waals surface area (Å²) in [6.07, 6.45) is 9.14. The van der Waals surface area contributed by atoms with E-state index < -0.39 is 10.0 Å². The Morgan fingerprint density at radius 2 is 2.12 bits per heavy atom. The van der Waals surface area contributed by atoms with Gasteiger partial charge in [-0.15, -0.1) is 6.58 Å². The fourth-order valence-electron chi connectivity index (χ4n) is 3.19. The summed E-state index contributed by atoms with van der Waals surface area (Å²) in [6.45, 7) is 5.73. The van der Waals surface area contributed by atoms with E-state index in [1.54, 1.807) is 10.4 Å². The largest absolute Gasteiger partial charge is 0.332 e. The van der Waals surface area contributed by atoms with Crippen LogP contribution in [0, 0.1) is 0 Å². The summed E-state index contributed by atoms with van der Waals surface area (Å²) in [4.78, 5) is 7.11. The van der Waals surface area contributed by atoms with Crippen LogP contribution in [0.2, 0.25) is 0 Å². The zero-order valence-corrected chi connectivity index (χ0v) is 15.1. The zero-order chi connectivity index (χ0) is 17.9. The number of benzene rings is 1. The number of H-pyrrole nitrogens is 1. The van der Waals surface area contributed by atoms with Crippen LogP contribution in [-0.2, 0) is 16.4 Å². The van der Waals surface area contributed by atoms with Crippen LogP contribution in [0.5, 0.6) is 0 Å². The van der Waals surface area contributed by atoms with E-state index in [4.69, 9.17) is 0 Å². The van der Waals surface area contributed by atoms with Gasteiger partial charge < -0.3 is 4.98 Å². The molecule has 3 rings (SSSR count). The van der Waals surface area contributed by atoms with Crippen molar-refractivity contribution in [3.8, 4) is 0 Å². The third-order valence-electron chi connectivity index (χ3n) is 4.44. The maximum atomic E-state index is 13.4. The van der Waals surface area contributed by atoms with Gasteiger partial charge in [0.2, 0.25) is 0 Å². The topological polar surface area (TPSA) is 66.1 Å². The molecule has 132 valence electrons. The van der Waals surface area contributed by atoms with Crippen molar-refractivity contribution in [2.45, 2.75) is 43.3 Å². The number of hydrogen-bond donors (Lipinski definition) is 1. The zero-order valence-electron chi connectivity index (χ0n) is 14.3. The maximum absolute atomic E-state index is 13.4. The van der Waals surface area contributed by atoms with Gasteiger partial charge in [0.25, 0.3) is 10.0 Å². The van der Waals surface area contributed by atoms with Crippen LogP contribution >= 0.6 is 0 Å². The number of imidazole rings is 1. The average molecular weight is 357 g/mol. The highest BCUT2D eigenvalue weighted by Gasteiger charge is 2.39. The predicted octanol–water partition coefficient (Wildman–Crippen LogP) is 3.61. The molecule has 25 heavy (non-hydrogen) atoms. The van der Waals surface area contributed by atoms with Crippen molar-refractivity contribution < 1.29 is 8.42 Å². The molecule has 0 amide bonds. The minimum Gasteiger partial charge on any atom is -0.332 e. The number of nitrogens with zero attached hydrogens (tertiary/aromatic N) is 2. The van der Waals surface area contributed by atoms with Gasteiger partial charge in [-0.3, -0.25) is 0 Å². The fraction of sp³-hybridized carbons (Fsp3) is 0.316. The molecule has 2 aromatic rings. The number of rotatable bonds is 6. The van der Waals surface area contributed by atoms with Crippen molar-refractivity contribution in [3.05, 3.63) is 72.7 Å². The molecule has 2 atom stereocenters. The molecule has 1 aliphatic rings. The van der Waals surface area contributed by atoms with Gasteiger partial charge in [-0.05, 0) is 18.4 Å². The quantitative estimate of drug-likeness (QED) is 0.803. The second-order valence-corrected chi connectivity index (χ2v) is 7.89. The van der Waals surface area contributed by atoms with Gasteiger partial charge in [0, 0.05) is 12.5 Å². The summed E-state index contributed by atoms with van der Waals surface area (Å²) in [5.74, 6) is 0.669. The van der Waals surface area contributed by atoms with Crippen LogP contribution < -0.4 is 0 Å². The molecule has 0 unspecified atom stereocenters. The Morgan fingerprint density at radius 1 is 1.36 bits per heavy atom. The first kappa shape index (κ1) is 17.6. The summed E-state index contributed by atoms with van der Waals surface area (Å²) < 4.78 is 28.3. The molecule has 0 fully saturated rings. The second kappa shape index (κ2) is 7.37. The molecule has 0 aliphatic carbocycles. The number of hydrogen-bond acceptors (Lipinski definition) is 3. The first-order valence-electron chi connectivity index (χ1n) is 8.47. The van der Waals surface area contributed by atoms with Gasteiger partial charge >= 0.3 is 0 Å². The molecule has 1 aliphatic heterocycles. The molecule has 1 N–H and O–H groups in total. The van der Waals surface area contributed by atoms with Gasteiger partial charge in [-0.2, -0.15) is 4.31 Å². The van der Waals surface area contributed by atoms with Crippen molar-refractivity contribution in [1.82, 2.24) is 14.3 Å². The SMILES string of the molecule is C=CC[C@@H]1CC=C[C@@H](c2ccccc2)N1S(=O)(=O)c1cnc(CC)[nH]1. The Labute approximate surface area is 149 Å². The highest BCUT2D eigenvalue weighted by atomic mass is 32.2. The van der Waals surface area contributed by atoms with Crippen LogP contribution in [0.15, 0.2) is 66.4 Å². The van der Waals surface area contributed by atoms with Crippen molar-refractivity contribution in [2.24, 2.45) is 0 Å². The molecule has 1 aromatic heterocycles. The lowest BCUT2D eigenvalue weighted by Gasteiger charge is -2.37. The van der Waals surface area contributed by atoms with Gasteiger partial charge in [0.15, 0.2) is 5.03 Å². The molecule has 0 saturated carbocycles. The molecule has 6 heteroatoms. The predicted molar refractivity (Wildman–Crippen MR) is 98.5 cm³/mol. The molecule has 0 radical (unpaired) electrons. The molecular formula is C19H23N3O2S. The number of aromatic amines is 1. The molecule has 0 saturated heterocycles. The standard InChI is InChI=1S/C19H23N3O2S/c1-3-9-16-12-8-13-17(15-10-6-5-7-11-15)22(16)25(23,24)19-14-20-18(4-2)21-19/h3,5-8,10-11,13-14,16-17H,1,4,9,12H2,2H3,(H,20,21)/t16-,17+/m1/s1. The lowest BCUT2D eigenvalue weighted by molar-refractivity contribution is 0.269. The second-order valence-electron chi connectivity index (χ2n) is 6.08. The van der Waals surface area contributed by atoms with Crippen molar-refractivity contribution in [2.75, 3.05) is 0 Å². The van der Waals surface area contributed by atoms with Crippen LogP contribution in [0.3, 0.4) is 0 Å². The number of aromatic nitrogens is 2. The van der Waals surface area contributed by atoms with Gasteiger partial charge in [-0.25, -0.2) is 13.4 Å². The van der Waals surface area contributed by atoms with Crippen molar-refractivity contribution >= 4 is 10.0 Å². The molecule has 0 bridgehead atoms. The number of nitrogens with one attached hydrogen (secondary N) is 1. The number of sulfonamides is 1. The van der Waals surface area contributed by atoms with Crippen LogP contribution in [0.1, 0.15) is 37.2 Å². The highest BCUT2D eigenvalue weighted by molar-refractivity contribution is 7.89. The minimum absolute atomic E-state index is 0.148. The Bertz CT molecular complexity index is 856. The summed E-state index contributed by atoms with van der Waals surface area (Å²) in [7, 11) is -3.70. The van der Waals surface area contributed by atoms with E-state index in [0.717, 1.165) is 5.56 Å². The van der Waals surface area contributed by atoms with Crippen LogP contribution in [-0.4, -0.2) is 28.7 Å². The Kier molecular flexibility index (Phi) is 5.20. The monoisotopic (exact) mass is 357 g/mol. The first-order chi connectivity index (χ1) is 12.1. The first-order valence-corrected chi connectivity index (χ1v) is 9.91. The summed E-state index contributed by atoms with van der Waals surface area (Å²) in [6, 6.07) is 9.20. The van der Waals surface area contributed by atoms with Gasteiger partial charge in [-0.1, -0.05) is 55.5 Å². The Morgan fingerprint density at radius 3 is 2.76 bits per heavy atom. The summed E-state index contributed by atoms with van der Waals surface area (Å²) >= 11 is 0. The van der Waals surface area contributed by atoms with Gasteiger partial charge in [0.05, 0.1) is 12.2 Å². The van der Waals surface area contributed by atoms with E-state index in [1.807, 2.05) is 43.3 Å². The van der Waals surface area contributed by atoms with E-state index in [0.29, 0.717) is 25.1 Å². The molecule has 5 nitrogen and oxygen atoms in total. The number of aryl methyl sites for hydroxylation is 1. The Hall–Kier alpha value is -2.18. The maximum Gasteiger partial charge on any atom is 0.261 e. The highest BCUT2D eigenvalue weighted by Crippen LogP contribution is 2.36. The summed E-state index contributed by atoms with van der Waals surface area (Å²) in [5, 5.41) is 0.148. The van der Waals surface area contributed by atoms with Crippen LogP contribution in [0.25, 0.3) is 0 Å². The summed E-state index contributed by atoms with van der Waals surface area (Å²) in [5.41, 5.74) is 0.950. The van der Waals surface area contributed by atoms with Crippen LogP contribution in [0.4, 0.5) is 0 Å². The third-order valence-corrected chi connectivity index (χ3v) is 6.28. The molecule has 0 spiro atoms. The minimum atomic E-state index is -3.70. The van der Waals surface area contributed by atoms with Crippen molar-refractivity contribution in [1.29, 1.82) is 0 Å². The third kappa shape index (κ3) is 3.45. The average Bonchev–Trinajstić information content (AvgIpc) is 3.12. The van der Waals surface area contributed by atoms with E-state index in [9.17, 15) is 8.42 Å². The van der Waals surface area contributed by atoms with E-state index in [1.165, 1.54) is 6.20 Å². The lowest BCUT2D eigenvalue weighted by Crippen LogP contribution is -2.43. The van der Waals surface area contributed by atoms with E-state index in [-0.39, 0.29) is 17.1 Å². The van der Waals surface area contributed by atoms with E-state index in [2.05, 4.69) is 22.6 Å².